The molecule has 1 aliphatic carbocycles. The third kappa shape index (κ3) is 2.69. The summed E-state index contributed by atoms with van der Waals surface area (Å²) in [5.74, 6) is 0.619. The standard InChI is InChI=1S/C11H20O4/c1-13-11-9(12)6-10(11)15-7-8-2-4-14-5-3-8/h8-12H,2-7H2,1H3. The van der Waals surface area contributed by atoms with Crippen LogP contribution in [0.1, 0.15) is 19.3 Å². The molecule has 0 aromatic carbocycles. The Balaban J connectivity index is 1.65. The third-order valence-corrected chi connectivity index (χ3v) is 3.38. The van der Waals surface area contributed by atoms with Crippen molar-refractivity contribution in [2.24, 2.45) is 5.92 Å². The molecule has 1 saturated heterocycles. The second-order valence-corrected chi connectivity index (χ2v) is 4.43. The maximum atomic E-state index is 9.39. The van der Waals surface area contributed by atoms with Gasteiger partial charge in [-0.1, -0.05) is 0 Å². The lowest BCUT2D eigenvalue weighted by Gasteiger charge is -2.40. The van der Waals surface area contributed by atoms with Gasteiger partial charge in [-0.05, 0) is 18.8 Å². The Bertz CT molecular complexity index is 191. The minimum Gasteiger partial charge on any atom is -0.390 e. The molecule has 1 N–H and O–H groups in total. The van der Waals surface area contributed by atoms with Crippen molar-refractivity contribution < 1.29 is 19.3 Å². The first-order valence-corrected chi connectivity index (χ1v) is 5.71. The lowest BCUT2D eigenvalue weighted by atomic mass is 9.88. The summed E-state index contributed by atoms with van der Waals surface area (Å²) >= 11 is 0. The van der Waals surface area contributed by atoms with Gasteiger partial charge in [-0.2, -0.15) is 0 Å². The van der Waals surface area contributed by atoms with Gasteiger partial charge in [0.1, 0.15) is 6.10 Å². The highest BCUT2D eigenvalue weighted by atomic mass is 16.6. The molecule has 2 rings (SSSR count). The molecule has 2 aliphatic rings. The second-order valence-electron chi connectivity index (χ2n) is 4.43. The van der Waals surface area contributed by atoms with Crippen molar-refractivity contribution in [3.05, 3.63) is 0 Å². The van der Waals surface area contributed by atoms with Crippen LogP contribution in [0.25, 0.3) is 0 Å². The van der Waals surface area contributed by atoms with E-state index in [1.807, 2.05) is 0 Å². The fourth-order valence-electron chi connectivity index (χ4n) is 2.20. The number of aliphatic hydroxyl groups is 1. The van der Waals surface area contributed by atoms with E-state index in [9.17, 15) is 5.11 Å². The molecular formula is C11H20O4. The van der Waals surface area contributed by atoms with Crippen molar-refractivity contribution in [2.75, 3.05) is 26.9 Å². The first-order chi connectivity index (χ1) is 7.31. The van der Waals surface area contributed by atoms with Crippen molar-refractivity contribution in [1.29, 1.82) is 0 Å². The zero-order valence-corrected chi connectivity index (χ0v) is 9.22. The Morgan fingerprint density at radius 2 is 2.07 bits per heavy atom. The van der Waals surface area contributed by atoms with Crippen LogP contribution in [0.4, 0.5) is 0 Å². The van der Waals surface area contributed by atoms with Crippen LogP contribution < -0.4 is 0 Å². The summed E-state index contributed by atoms with van der Waals surface area (Å²) in [5.41, 5.74) is 0. The van der Waals surface area contributed by atoms with Gasteiger partial charge in [0.2, 0.25) is 0 Å². The smallest absolute Gasteiger partial charge is 0.109 e. The Hall–Kier alpha value is -0.160. The van der Waals surface area contributed by atoms with Crippen LogP contribution in [0.15, 0.2) is 0 Å². The number of hydrogen-bond acceptors (Lipinski definition) is 4. The molecule has 0 aromatic rings. The molecule has 1 aliphatic heterocycles. The summed E-state index contributed by atoms with van der Waals surface area (Å²) < 4.78 is 16.2. The average molecular weight is 216 g/mol. The Labute approximate surface area is 90.5 Å². The van der Waals surface area contributed by atoms with Gasteiger partial charge in [-0.15, -0.1) is 0 Å². The summed E-state index contributed by atoms with van der Waals surface area (Å²) in [4.78, 5) is 0. The minimum atomic E-state index is -0.338. The Kier molecular flexibility index (Phi) is 3.97. The van der Waals surface area contributed by atoms with Crippen LogP contribution in [-0.4, -0.2) is 50.3 Å². The van der Waals surface area contributed by atoms with Gasteiger partial charge in [0.15, 0.2) is 0 Å². The van der Waals surface area contributed by atoms with E-state index in [1.54, 1.807) is 7.11 Å². The van der Waals surface area contributed by atoms with Crippen LogP contribution in [-0.2, 0) is 14.2 Å². The topological polar surface area (TPSA) is 47.9 Å². The summed E-state index contributed by atoms with van der Waals surface area (Å²) in [6, 6.07) is 0. The maximum Gasteiger partial charge on any atom is 0.109 e. The largest absolute Gasteiger partial charge is 0.390 e. The van der Waals surface area contributed by atoms with Crippen LogP contribution in [0.2, 0.25) is 0 Å². The molecule has 2 fully saturated rings. The minimum absolute atomic E-state index is 0.0906. The van der Waals surface area contributed by atoms with Gasteiger partial charge in [0.05, 0.1) is 18.8 Å². The molecule has 15 heavy (non-hydrogen) atoms. The van der Waals surface area contributed by atoms with Gasteiger partial charge in [0.25, 0.3) is 0 Å². The van der Waals surface area contributed by atoms with E-state index in [0.717, 1.165) is 32.7 Å². The zero-order valence-electron chi connectivity index (χ0n) is 9.22. The van der Waals surface area contributed by atoms with Crippen LogP contribution in [0.3, 0.4) is 0 Å². The Morgan fingerprint density at radius 1 is 1.33 bits per heavy atom. The molecule has 0 amide bonds. The first kappa shape index (κ1) is 11.3. The van der Waals surface area contributed by atoms with Crippen LogP contribution in [0, 0.1) is 5.92 Å². The number of methoxy groups -OCH3 is 1. The Morgan fingerprint density at radius 3 is 2.67 bits per heavy atom. The maximum absolute atomic E-state index is 9.39. The SMILES string of the molecule is COC1C(O)CC1OCC1CCOCC1. The van der Waals surface area contributed by atoms with E-state index in [0.29, 0.717) is 12.3 Å². The first-order valence-electron chi connectivity index (χ1n) is 5.71. The molecular weight excluding hydrogens is 196 g/mol. The molecule has 1 heterocycles. The highest BCUT2D eigenvalue weighted by Crippen LogP contribution is 2.28. The van der Waals surface area contributed by atoms with Crippen LogP contribution >= 0.6 is 0 Å². The van der Waals surface area contributed by atoms with Gasteiger partial charge < -0.3 is 19.3 Å². The highest BCUT2D eigenvalue weighted by molar-refractivity contribution is 4.91. The lowest BCUT2D eigenvalue weighted by molar-refractivity contribution is -0.187. The van der Waals surface area contributed by atoms with E-state index in [4.69, 9.17) is 14.2 Å². The monoisotopic (exact) mass is 216 g/mol. The predicted molar refractivity (Wildman–Crippen MR) is 54.7 cm³/mol. The fraction of sp³-hybridized carbons (Fsp3) is 1.00. The van der Waals surface area contributed by atoms with Crippen molar-refractivity contribution >= 4 is 0 Å². The van der Waals surface area contributed by atoms with Crippen molar-refractivity contribution in [1.82, 2.24) is 0 Å². The fourth-order valence-corrected chi connectivity index (χ4v) is 2.20. The molecule has 88 valence electrons. The summed E-state index contributed by atoms with van der Waals surface area (Å²) in [5, 5.41) is 9.39. The number of hydrogen-bond donors (Lipinski definition) is 1. The van der Waals surface area contributed by atoms with Crippen molar-refractivity contribution in [2.45, 2.75) is 37.6 Å². The third-order valence-electron chi connectivity index (χ3n) is 3.38. The normalized spacial score (nSPS) is 37.6. The molecule has 1 saturated carbocycles. The summed E-state index contributed by atoms with van der Waals surface area (Å²) in [6.45, 7) is 2.49. The molecule has 3 unspecified atom stereocenters. The van der Waals surface area contributed by atoms with Gasteiger partial charge in [-0.3, -0.25) is 0 Å². The molecule has 0 aromatic heterocycles. The number of ether oxygens (including phenoxy) is 3. The van der Waals surface area contributed by atoms with Crippen molar-refractivity contribution in [3.63, 3.8) is 0 Å². The molecule has 4 nitrogen and oxygen atoms in total. The van der Waals surface area contributed by atoms with E-state index in [-0.39, 0.29) is 18.3 Å². The number of rotatable bonds is 4. The quantitative estimate of drug-likeness (QED) is 0.746. The summed E-state index contributed by atoms with van der Waals surface area (Å²) in [7, 11) is 1.62. The van der Waals surface area contributed by atoms with Crippen LogP contribution in [0.5, 0.6) is 0 Å². The molecule has 3 atom stereocenters. The van der Waals surface area contributed by atoms with Gasteiger partial charge in [0, 0.05) is 26.7 Å². The lowest BCUT2D eigenvalue weighted by Crippen LogP contribution is -2.53. The second kappa shape index (κ2) is 5.25. The van der Waals surface area contributed by atoms with E-state index < -0.39 is 0 Å². The predicted octanol–water partition coefficient (Wildman–Crippen LogP) is 0.578. The van der Waals surface area contributed by atoms with Gasteiger partial charge >= 0.3 is 0 Å². The van der Waals surface area contributed by atoms with E-state index in [1.165, 1.54) is 0 Å². The van der Waals surface area contributed by atoms with Crippen molar-refractivity contribution in [3.8, 4) is 0 Å². The highest BCUT2D eigenvalue weighted by Gasteiger charge is 2.41. The zero-order chi connectivity index (χ0) is 10.7. The average Bonchev–Trinajstić information content (AvgIpc) is 2.26. The van der Waals surface area contributed by atoms with E-state index >= 15 is 0 Å². The summed E-state index contributed by atoms with van der Waals surface area (Å²) in [6.07, 6.45) is 2.52. The molecule has 0 radical (unpaired) electrons. The molecule has 0 bridgehead atoms. The van der Waals surface area contributed by atoms with Gasteiger partial charge in [-0.25, -0.2) is 0 Å². The molecule has 0 spiro atoms. The number of aliphatic hydroxyl groups excluding tert-OH is 1. The molecule has 4 heteroatoms. The van der Waals surface area contributed by atoms with E-state index in [2.05, 4.69) is 0 Å².